The van der Waals surface area contributed by atoms with E-state index in [1.54, 1.807) is 0 Å². The fraction of sp³-hybridized carbons (Fsp3) is 0.450. The maximum atomic E-state index is 11.8. The van der Waals surface area contributed by atoms with E-state index in [0.717, 1.165) is 55.5 Å². The van der Waals surface area contributed by atoms with E-state index in [4.69, 9.17) is 10.1 Å². The molecule has 1 amide bonds. The van der Waals surface area contributed by atoms with E-state index in [0.29, 0.717) is 0 Å². The molecule has 6 heteroatoms. The first-order valence-corrected chi connectivity index (χ1v) is 9.09. The second-order valence-electron chi connectivity index (χ2n) is 6.90. The van der Waals surface area contributed by atoms with E-state index in [1.165, 1.54) is 11.8 Å². The largest absolute Gasteiger partial charge is 0.480 e. The highest BCUT2D eigenvalue weighted by Gasteiger charge is 2.26. The second kappa shape index (κ2) is 8.27. The molecule has 1 aromatic heterocycles. The zero-order valence-corrected chi connectivity index (χ0v) is 15.1. The minimum absolute atomic E-state index is 0.00170. The fourth-order valence-corrected chi connectivity index (χ4v) is 3.68. The third-order valence-electron chi connectivity index (χ3n) is 4.98. The highest BCUT2D eigenvalue weighted by molar-refractivity contribution is 5.80. The Morgan fingerprint density at radius 3 is 2.77 bits per heavy atom. The lowest BCUT2D eigenvalue weighted by Crippen LogP contribution is -2.42. The summed E-state index contributed by atoms with van der Waals surface area (Å²) in [6.07, 6.45) is 2.58. The van der Waals surface area contributed by atoms with Crippen LogP contribution in [-0.2, 0) is 16.1 Å². The maximum absolute atomic E-state index is 11.8. The van der Waals surface area contributed by atoms with E-state index < -0.39 is 5.97 Å². The number of nitrogens with zero attached hydrogens (tertiary/aromatic N) is 3. The molecule has 1 aromatic carbocycles. The van der Waals surface area contributed by atoms with E-state index >= 15 is 0 Å². The van der Waals surface area contributed by atoms with Gasteiger partial charge in [0.1, 0.15) is 6.54 Å². The summed E-state index contributed by atoms with van der Waals surface area (Å²) in [5.74, 6) is -1.12. The molecule has 1 aliphatic rings. The quantitative estimate of drug-likeness (QED) is 0.892. The van der Waals surface area contributed by atoms with E-state index in [9.17, 15) is 9.59 Å². The van der Waals surface area contributed by atoms with Crippen molar-refractivity contribution in [2.75, 3.05) is 19.6 Å². The Balaban J connectivity index is 1.64. The first-order valence-electron chi connectivity index (χ1n) is 9.09. The van der Waals surface area contributed by atoms with Crippen LogP contribution in [0.3, 0.4) is 0 Å². The number of likely N-dealkylation sites (tertiary alicyclic amines) is 1. The molecule has 0 saturated carbocycles. The summed E-state index contributed by atoms with van der Waals surface area (Å²) in [5, 5.41) is 10.2. The van der Waals surface area contributed by atoms with Gasteiger partial charge < -0.3 is 10.0 Å². The van der Waals surface area contributed by atoms with Crippen LogP contribution in [0.25, 0.3) is 10.9 Å². The normalized spacial score (nSPS) is 18.4. The molecule has 138 valence electrons. The summed E-state index contributed by atoms with van der Waals surface area (Å²) >= 11 is 0. The average molecular weight is 355 g/mol. The topological polar surface area (TPSA) is 73.7 Å². The third-order valence-corrected chi connectivity index (χ3v) is 4.98. The predicted octanol–water partition coefficient (Wildman–Crippen LogP) is 2.52. The number of aliphatic carboxylic acids is 1. The molecule has 1 atom stereocenters. The van der Waals surface area contributed by atoms with Gasteiger partial charge in [0.25, 0.3) is 0 Å². The van der Waals surface area contributed by atoms with Crippen molar-refractivity contribution in [2.24, 2.45) is 0 Å². The third kappa shape index (κ3) is 4.58. The number of hydrogen-bond acceptors (Lipinski definition) is 4. The summed E-state index contributed by atoms with van der Waals surface area (Å²) in [6.45, 7) is 3.78. The molecular weight excluding hydrogens is 330 g/mol. The summed E-state index contributed by atoms with van der Waals surface area (Å²) in [4.78, 5) is 31.5. The standard InChI is InChI=1S/C20H25N3O3/c1-15(24)23(14-20(25)26)18-6-4-11-22(12-10-18)13-17-9-8-16-5-2-3-7-19(16)21-17/h2-3,5,7-9,18H,4,6,10-14H2,1H3,(H,25,26)/t18-/m1/s1. The number of para-hydroxylation sites is 1. The number of carbonyl (C=O) groups excluding carboxylic acids is 1. The molecule has 3 rings (SSSR count). The number of carboxylic acids is 1. The van der Waals surface area contributed by atoms with Crippen molar-refractivity contribution in [3.63, 3.8) is 0 Å². The predicted molar refractivity (Wildman–Crippen MR) is 99.7 cm³/mol. The van der Waals surface area contributed by atoms with Crippen LogP contribution < -0.4 is 0 Å². The van der Waals surface area contributed by atoms with Gasteiger partial charge in [-0.3, -0.25) is 19.5 Å². The number of carbonyl (C=O) groups is 2. The van der Waals surface area contributed by atoms with E-state index in [-0.39, 0.29) is 18.5 Å². The van der Waals surface area contributed by atoms with Gasteiger partial charge in [0.2, 0.25) is 5.91 Å². The van der Waals surface area contributed by atoms with E-state index in [2.05, 4.69) is 23.1 Å². The van der Waals surface area contributed by atoms with Crippen molar-refractivity contribution >= 4 is 22.8 Å². The Morgan fingerprint density at radius 2 is 2.00 bits per heavy atom. The van der Waals surface area contributed by atoms with Crippen LogP contribution in [0.4, 0.5) is 0 Å². The van der Waals surface area contributed by atoms with Gasteiger partial charge in [0.15, 0.2) is 0 Å². The molecule has 2 heterocycles. The summed E-state index contributed by atoms with van der Waals surface area (Å²) in [7, 11) is 0. The van der Waals surface area contributed by atoms with E-state index in [1.807, 2.05) is 18.2 Å². The van der Waals surface area contributed by atoms with Crippen LogP contribution >= 0.6 is 0 Å². The van der Waals surface area contributed by atoms with Gasteiger partial charge in [-0.1, -0.05) is 24.3 Å². The van der Waals surface area contributed by atoms with Crippen LogP contribution in [0.5, 0.6) is 0 Å². The molecular formula is C20H25N3O3. The number of hydrogen-bond donors (Lipinski definition) is 1. The maximum Gasteiger partial charge on any atom is 0.323 e. The van der Waals surface area contributed by atoms with Crippen LogP contribution in [0, 0.1) is 0 Å². The number of carboxylic acid groups (broad SMARTS) is 1. The first kappa shape index (κ1) is 18.3. The van der Waals surface area contributed by atoms with Gasteiger partial charge in [-0.25, -0.2) is 0 Å². The molecule has 0 bridgehead atoms. The highest BCUT2D eigenvalue weighted by Crippen LogP contribution is 2.19. The van der Waals surface area contributed by atoms with Crippen molar-refractivity contribution in [2.45, 2.75) is 38.8 Å². The van der Waals surface area contributed by atoms with Gasteiger partial charge >= 0.3 is 5.97 Å². The highest BCUT2D eigenvalue weighted by atomic mass is 16.4. The van der Waals surface area contributed by atoms with Crippen molar-refractivity contribution < 1.29 is 14.7 Å². The van der Waals surface area contributed by atoms with Gasteiger partial charge in [0.05, 0.1) is 11.2 Å². The molecule has 1 N–H and O–H groups in total. The first-order chi connectivity index (χ1) is 12.5. The molecule has 0 aliphatic carbocycles. The molecule has 2 aromatic rings. The zero-order valence-electron chi connectivity index (χ0n) is 15.1. The number of rotatable bonds is 5. The average Bonchev–Trinajstić information content (AvgIpc) is 2.85. The Labute approximate surface area is 153 Å². The van der Waals surface area contributed by atoms with Crippen LogP contribution in [-0.4, -0.2) is 57.4 Å². The minimum Gasteiger partial charge on any atom is -0.480 e. The molecule has 1 fully saturated rings. The number of aromatic nitrogens is 1. The molecule has 26 heavy (non-hydrogen) atoms. The Morgan fingerprint density at radius 1 is 1.19 bits per heavy atom. The lowest BCUT2D eigenvalue weighted by Gasteiger charge is -2.28. The smallest absolute Gasteiger partial charge is 0.323 e. The molecule has 0 unspecified atom stereocenters. The van der Waals surface area contributed by atoms with Crippen molar-refractivity contribution in [3.8, 4) is 0 Å². The molecule has 1 aliphatic heterocycles. The lowest BCUT2D eigenvalue weighted by molar-refractivity contribution is -0.145. The minimum atomic E-state index is -0.957. The Kier molecular flexibility index (Phi) is 5.83. The summed E-state index contributed by atoms with van der Waals surface area (Å²) in [6, 6.07) is 12.2. The molecule has 1 saturated heterocycles. The van der Waals surface area contributed by atoms with Crippen LogP contribution in [0.1, 0.15) is 31.9 Å². The monoisotopic (exact) mass is 355 g/mol. The number of benzene rings is 1. The zero-order chi connectivity index (χ0) is 18.5. The van der Waals surface area contributed by atoms with Crippen LogP contribution in [0.15, 0.2) is 36.4 Å². The van der Waals surface area contributed by atoms with Gasteiger partial charge in [-0.15, -0.1) is 0 Å². The lowest BCUT2D eigenvalue weighted by atomic mass is 10.1. The molecule has 6 nitrogen and oxygen atoms in total. The van der Waals surface area contributed by atoms with Gasteiger partial charge in [-0.2, -0.15) is 0 Å². The number of amides is 1. The number of fused-ring (bicyclic) bond motifs is 1. The SMILES string of the molecule is CC(=O)N(CC(=O)O)[C@@H]1CCCN(Cc2ccc3ccccc3n2)CC1. The number of pyridine rings is 1. The van der Waals surface area contributed by atoms with Crippen LogP contribution in [0.2, 0.25) is 0 Å². The second-order valence-corrected chi connectivity index (χ2v) is 6.90. The Hall–Kier alpha value is -2.47. The molecule has 0 spiro atoms. The summed E-state index contributed by atoms with van der Waals surface area (Å²) < 4.78 is 0. The van der Waals surface area contributed by atoms with Gasteiger partial charge in [0, 0.05) is 31.4 Å². The summed E-state index contributed by atoms with van der Waals surface area (Å²) in [5.41, 5.74) is 2.04. The van der Waals surface area contributed by atoms with Crippen molar-refractivity contribution in [1.29, 1.82) is 0 Å². The Bertz CT molecular complexity index is 793. The van der Waals surface area contributed by atoms with Crippen molar-refractivity contribution in [1.82, 2.24) is 14.8 Å². The fourth-order valence-electron chi connectivity index (χ4n) is 3.68. The van der Waals surface area contributed by atoms with Gasteiger partial charge in [-0.05, 0) is 37.9 Å². The molecule has 0 radical (unpaired) electrons. The van der Waals surface area contributed by atoms with Crippen molar-refractivity contribution in [3.05, 3.63) is 42.1 Å².